The zero-order chi connectivity index (χ0) is 26.4. The molecule has 3 amide bonds. The lowest BCUT2D eigenvalue weighted by Gasteiger charge is -2.29. The van der Waals surface area contributed by atoms with E-state index in [-0.39, 0.29) is 44.0 Å². The Morgan fingerprint density at radius 1 is 1.03 bits per heavy atom. The first-order valence-electron chi connectivity index (χ1n) is 12.0. The van der Waals surface area contributed by atoms with Gasteiger partial charge >= 0.3 is 6.03 Å². The number of carbonyl (C=O) groups is 2. The van der Waals surface area contributed by atoms with E-state index in [0.717, 1.165) is 24.2 Å². The van der Waals surface area contributed by atoms with E-state index in [2.05, 4.69) is 5.32 Å². The normalized spacial score (nSPS) is 15.0. The summed E-state index contributed by atoms with van der Waals surface area (Å²) in [4.78, 5) is 29.9. The quantitative estimate of drug-likeness (QED) is 0.342. The van der Waals surface area contributed by atoms with Gasteiger partial charge in [-0.15, -0.1) is 0 Å². The minimum Gasteiger partial charge on any atom is -0.464 e. The van der Waals surface area contributed by atoms with Crippen LogP contribution in [0.1, 0.15) is 29.9 Å². The predicted octanol–water partition coefficient (Wildman–Crippen LogP) is 6.28. The van der Waals surface area contributed by atoms with Crippen molar-refractivity contribution in [1.82, 2.24) is 9.80 Å². The first kappa shape index (κ1) is 27.0. The number of benzene rings is 2. The number of nitrogens with one attached hydrogen (secondary N) is 1. The van der Waals surface area contributed by atoms with Gasteiger partial charge in [0.15, 0.2) is 0 Å². The van der Waals surface area contributed by atoms with Gasteiger partial charge in [0, 0.05) is 25.4 Å². The molecule has 2 aromatic carbocycles. The zero-order valence-electron chi connectivity index (χ0n) is 20.4. The molecule has 1 N–H and O–H groups in total. The number of anilines is 1. The fraction of sp³-hybridized carbons (Fsp3) is 0.333. The van der Waals surface area contributed by atoms with E-state index in [9.17, 15) is 14.0 Å². The summed E-state index contributed by atoms with van der Waals surface area (Å²) in [5.41, 5.74) is 1.21. The van der Waals surface area contributed by atoms with E-state index >= 15 is 0 Å². The van der Waals surface area contributed by atoms with E-state index in [1.807, 2.05) is 13.0 Å². The average molecular weight is 548 g/mol. The molecule has 3 aromatic rings. The van der Waals surface area contributed by atoms with Crippen LogP contribution in [0.25, 0.3) is 0 Å². The number of halogens is 3. The smallest absolute Gasteiger partial charge is 0.322 e. The van der Waals surface area contributed by atoms with Crippen LogP contribution in [-0.2, 0) is 22.6 Å². The Balaban J connectivity index is 1.52. The molecule has 1 aromatic heterocycles. The van der Waals surface area contributed by atoms with E-state index in [4.69, 9.17) is 32.4 Å². The molecule has 1 fully saturated rings. The Labute approximate surface area is 225 Å². The summed E-state index contributed by atoms with van der Waals surface area (Å²) in [6.07, 6.45) is 1.54. The van der Waals surface area contributed by atoms with Crippen molar-refractivity contribution in [2.45, 2.75) is 39.0 Å². The number of carbonyl (C=O) groups excluding carboxylic acids is 2. The van der Waals surface area contributed by atoms with Gasteiger partial charge in [0.25, 0.3) is 0 Å². The lowest BCUT2D eigenvalue weighted by molar-refractivity contribution is -0.133. The molecule has 1 unspecified atom stereocenters. The van der Waals surface area contributed by atoms with Crippen molar-refractivity contribution in [1.29, 1.82) is 0 Å². The summed E-state index contributed by atoms with van der Waals surface area (Å²) in [6.45, 7) is 2.94. The van der Waals surface area contributed by atoms with Crippen molar-refractivity contribution in [3.8, 4) is 0 Å². The van der Waals surface area contributed by atoms with Crippen molar-refractivity contribution in [2.75, 3.05) is 25.0 Å². The highest BCUT2D eigenvalue weighted by molar-refractivity contribution is 6.42. The number of rotatable bonds is 9. The first-order chi connectivity index (χ1) is 17.8. The summed E-state index contributed by atoms with van der Waals surface area (Å²) in [5, 5.41) is 3.47. The van der Waals surface area contributed by atoms with Gasteiger partial charge in [-0.2, -0.15) is 0 Å². The molecule has 0 spiro atoms. The van der Waals surface area contributed by atoms with Crippen LogP contribution in [-0.4, -0.2) is 47.5 Å². The second kappa shape index (κ2) is 12.4. The molecule has 1 saturated heterocycles. The van der Waals surface area contributed by atoms with Crippen LogP contribution >= 0.6 is 23.2 Å². The minimum atomic E-state index is -0.460. The molecule has 4 rings (SSSR count). The number of nitrogens with zero attached hydrogens (tertiary/aromatic N) is 2. The Hall–Kier alpha value is -3.07. The fourth-order valence-electron chi connectivity index (χ4n) is 4.09. The summed E-state index contributed by atoms with van der Waals surface area (Å²) >= 11 is 12.1. The molecule has 0 aliphatic carbocycles. The Morgan fingerprint density at radius 2 is 1.81 bits per heavy atom. The van der Waals surface area contributed by atoms with Crippen LogP contribution in [0.15, 0.2) is 59.0 Å². The maximum absolute atomic E-state index is 13.6. The number of urea groups is 1. The van der Waals surface area contributed by atoms with E-state index in [0.29, 0.717) is 28.1 Å². The molecule has 196 valence electrons. The molecule has 1 aliphatic heterocycles. The molecular formula is C27H28Cl2FN3O4. The first-order valence-corrected chi connectivity index (χ1v) is 12.7. The summed E-state index contributed by atoms with van der Waals surface area (Å²) < 4.78 is 24.9. The van der Waals surface area contributed by atoms with Crippen LogP contribution in [0.4, 0.5) is 14.9 Å². The molecule has 2 heterocycles. The largest absolute Gasteiger partial charge is 0.464 e. The number of hydrogen-bond donors (Lipinski definition) is 1. The summed E-state index contributed by atoms with van der Waals surface area (Å²) in [5.74, 6) is 0.690. The van der Waals surface area contributed by atoms with Gasteiger partial charge in [-0.05, 0) is 67.8 Å². The van der Waals surface area contributed by atoms with E-state index in [1.165, 1.54) is 17.0 Å². The standard InChI is InChI=1S/C27H28Cl2FN3O4/c1-18-4-10-23(37-18)16-32(14-19-5-7-20(30)8-6-19)26(34)17-33(15-22-3-2-12-36-22)27(35)31-21-9-11-24(28)25(29)13-21/h4-11,13,22H,2-3,12,14-17H2,1H3,(H,31,35). The highest BCUT2D eigenvalue weighted by atomic mass is 35.5. The third-order valence-corrected chi connectivity index (χ3v) is 6.75. The minimum absolute atomic E-state index is 0.161. The van der Waals surface area contributed by atoms with E-state index < -0.39 is 6.03 Å². The number of hydrogen-bond acceptors (Lipinski definition) is 4. The van der Waals surface area contributed by atoms with E-state index in [1.54, 1.807) is 41.3 Å². The van der Waals surface area contributed by atoms with Crippen LogP contribution in [0.3, 0.4) is 0 Å². The van der Waals surface area contributed by atoms with Crippen LogP contribution < -0.4 is 5.32 Å². The third kappa shape index (κ3) is 7.71. The second-order valence-electron chi connectivity index (χ2n) is 8.96. The van der Waals surface area contributed by atoms with Crippen LogP contribution in [0, 0.1) is 12.7 Å². The average Bonchev–Trinajstić information content (AvgIpc) is 3.53. The zero-order valence-corrected chi connectivity index (χ0v) is 21.9. The maximum Gasteiger partial charge on any atom is 0.322 e. The molecule has 10 heteroatoms. The lowest BCUT2D eigenvalue weighted by Crippen LogP contribution is -2.46. The van der Waals surface area contributed by atoms with Gasteiger partial charge < -0.3 is 24.3 Å². The summed E-state index contributed by atoms with van der Waals surface area (Å²) in [6, 6.07) is 13.9. The number of ether oxygens (including phenoxy) is 1. The van der Waals surface area contributed by atoms with Crippen molar-refractivity contribution >= 4 is 40.8 Å². The SMILES string of the molecule is Cc1ccc(CN(Cc2ccc(F)cc2)C(=O)CN(CC2CCCO2)C(=O)Nc2ccc(Cl)c(Cl)c2)o1. The molecule has 1 atom stereocenters. The number of furan rings is 1. The maximum atomic E-state index is 13.6. The van der Waals surface area contributed by atoms with Gasteiger partial charge in [-0.3, -0.25) is 4.79 Å². The number of aryl methyl sites for hydroxylation is 1. The van der Waals surface area contributed by atoms with Gasteiger partial charge in [-0.25, -0.2) is 9.18 Å². The lowest BCUT2D eigenvalue weighted by atomic mass is 10.2. The molecule has 1 aliphatic rings. The van der Waals surface area contributed by atoms with Crippen molar-refractivity contribution in [2.24, 2.45) is 0 Å². The predicted molar refractivity (Wildman–Crippen MR) is 140 cm³/mol. The molecular weight excluding hydrogens is 520 g/mol. The third-order valence-electron chi connectivity index (χ3n) is 6.01. The highest BCUT2D eigenvalue weighted by Crippen LogP contribution is 2.25. The van der Waals surface area contributed by atoms with Crippen molar-refractivity contribution in [3.05, 3.63) is 87.5 Å². The Kier molecular flexibility index (Phi) is 9.08. The van der Waals surface area contributed by atoms with Gasteiger partial charge in [-0.1, -0.05) is 35.3 Å². The fourth-order valence-corrected chi connectivity index (χ4v) is 4.39. The van der Waals surface area contributed by atoms with Crippen molar-refractivity contribution in [3.63, 3.8) is 0 Å². The van der Waals surface area contributed by atoms with Crippen molar-refractivity contribution < 1.29 is 23.1 Å². The van der Waals surface area contributed by atoms with Gasteiger partial charge in [0.05, 0.1) is 22.7 Å². The van der Waals surface area contributed by atoms with Gasteiger partial charge in [0.1, 0.15) is 23.9 Å². The molecule has 0 saturated carbocycles. The molecule has 7 nitrogen and oxygen atoms in total. The Bertz CT molecular complexity index is 1230. The summed E-state index contributed by atoms with van der Waals surface area (Å²) in [7, 11) is 0. The number of amides is 3. The van der Waals surface area contributed by atoms with Crippen LogP contribution in [0.2, 0.25) is 10.0 Å². The van der Waals surface area contributed by atoms with Gasteiger partial charge in [0.2, 0.25) is 5.91 Å². The topological polar surface area (TPSA) is 75.0 Å². The molecule has 37 heavy (non-hydrogen) atoms. The molecule has 0 radical (unpaired) electrons. The molecule has 0 bridgehead atoms. The second-order valence-corrected chi connectivity index (χ2v) is 9.78. The highest BCUT2D eigenvalue weighted by Gasteiger charge is 2.27. The Morgan fingerprint density at radius 3 is 2.46 bits per heavy atom. The van der Waals surface area contributed by atoms with Crippen LogP contribution in [0.5, 0.6) is 0 Å². The monoisotopic (exact) mass is 547 g/mol.